The van der Waals surface area contributed by atoms with Gasteiger partial charge in [0.25, 0.3) is 0 Å². The van der Waals surface area contributed by atoms with Crippen molar-refractivity contribution in [3.63, 3.8) is 0 Å². The van der Waals surface area contributed by atoms with E-state index < -0.39 is 0 Å². The normalized spacial score (nSPS) is 18.9. The zero-order valence-electron chi connectivity index (χ0n) is 17.4. The van der Waals surface area contributed by atoms with Gasteiger partial charge in [0.2, 0.25) is 0 Å². The first kappa shape index (κ1) is 23.1. The van der Waals surface area contributed by atoms with Gasteiger partial charge in [-0.15, -0.1) is 35.3 Å². The number of hydrogen-bond donors (Lipinski definition) is 1. The Balaban J connectivity index is 0.00000256. The summed E-state index contributed by atoms with van der Waals surface area (Å²) in [7, 11) is 1.74. The number of nitrogens with two attached hydrogens (primary N) is 1. The second-order valence-corrected chi connectivity index (χ2v) is 8.36. The second kappa shape index (κ2) is 11.1. The molecule has 1 aromatic carbocycles. The maximum atomic E-state index is 6.40. The third kappa shape index (κ3) is 5.36. The highest BCUT2D eigenvalue weighted by molar-refractivity contribution is 14.0. The van der Waals surface area contributed by atoms with Gasteiger partial charge in [0.1, 0.15) is 5.75 Å². The van der Waals surface area contributed by atoms with E-state index in [0.717, 1.165) is 50.1 Å². The molecular weight excluding hydrogens is 511 g/mol. The number of guanidine groups is 1. The van der Waals surface area contributed by atoms with E-state index in [-0.39, 0.29) is 30.0 Å². The molecule has 1 unspecified atom stereocenters. The number of nitrogens with zero attached hydrogens (tertiary/aromatic N) is 5. The van der Waals surface area contributed by atoms with Gasteiger partial charge in [0, 0.05) is 43.3 Å². The van der Waals surface area contributed by atoms with E-state index in [2.05, 4.69) is 31.8 Å². The molecule has 2 aliphatic heterocycles. The number of aliphatic imine (C=N–C) groups is 1. The number of likely N-dealkylation sites (tertiary alicyclic amines) is 1. The molecule has 2 fully saturated rings. The van der Waals surface area contributed by atoms with E-state index >= 15 is 0 Å². The minimum absolute atomic E-state index is 0. The summed E-state index contributed by atoms with van der Waals surface area (Å²) in [5, 5.41) is 3.11. The maximum Gasteiger partial charge on any atom is 0.191 e. The number of piperazine rings is 1. The monoisotopic (exact) mass is 542 g/mol. The van der Waals surface area contributed by atoms with Gasteiger partial charge in [-0.1, -0.05) is 18.2 Å². The van der Waals surface area contributed by atoms with Crippen LogP contribution in [0.1, 0.15) is 24.4 Å². The number of thiazole rings is 1. The summed E-state index contributed by atoms with van der Waals surface area (Å²) in [6.07, 6.45) is 4.34. The summed E-state index contributed by atoms with van der Waals surface area (Å²) in [4.78, 5) is 16.2. The molecule has 3 heterocycles. The van der Waals surface area contributed by atoms with Crippen molar-refractivity contribution in [3.05, 3.63) is 41.4 Å². The summed E-state index contributed by atoms with van der Waals surface area (Å²) >= 11 is 1.69. The molecule has 4 rings (SSSR count). The summed E-state index contributed by atoms with van der Waals surface area (Å²) in [5.41, 5.74) is 7.60. The topological polar surface area (TPSA) is 70.2 Å². The Morgan fingerprint density at radius 2 is 1.90 bits per heavy atom. The highest BCUT2D eigenvalue weighted by atomic mass is 127. The number of rotatable bonds is 6. The first-order chi connectivity index (χ1) is 14.3. The molecule has 0 aliphatic carbocycles. The zero-order chi connectivity index (χ0) is 20.1. The van der Waals surface area contributed by atoms with Crippen molar-refractivity contribution in [3.8, 4) is 5.75 Å². The quantitative estimate of drug-likeness (QED) is 0.344. The first-order valence-corrected chi connectivity index (χ1v) is 11.2. The molecule has 164 valence electrons. The number of hydrogen-bond acceptors (Lipinski definition) is 6. The fraction of sp³-hybridized carbons (Fsp3) is 0.524. The number of methoxy groups -OCH3 is 1. The molecule has 0 amide bonds. The minimum atomic E-state index is 0. The van der Waals surface area contributed by atoms with E-state index in [1.165, 1.54) is 18.4 Å². The summed E-state index contributed by atoms with van der Waals surface area (Å²) in [6, 6.07) is 8.47. The van der Waals surface area contributed by atoms with Crippen LogP contribution in [-0.2, 0) is 0 Å². The molecule has 9 heteroatoms. The Hall–Kier alpha value is -1.59. The van der Waals surface area contributed by atoms with E-state index in [4.69, 9.17) is 15.5 Å². The van der Waals surface area contributed by atoms with Crippen LogP contribution in [0.4, 0.5) is 5.13 Å². The predicted molar refractivity (Wildman–Crippen MR) is 134 cm³/mol. The zero-order valence-corrected chi connectivity index (χ0v) is 20.6. The van der Waals surface area contributed by atoms with Gasteiger partial charge < -0.3 is 20.3 Å². The van der Waals surface area contributed by atoms with Crippen molar-refractivity contribution in [2.45, 2.75) is 18.9 Å². The van der Waals surface area contributed by atoms with Gasteiger partial charge in [-0.25, -0.2) is 4.98 Å². The van der Waals surface area contributed by atoms with Crippen LogP contribution in [0.3, 0.4) is 0 Å². The molecule has 2 aliphatic rings. The molecule has 7 nitrogen and oxygen atoms in total. The van der Waals surface area contributed by atoms with Crippen molar-refractivity contribution in [2.24, 2.45) is 10.7 Å². The molecule has 0 radical (unpaired) electrons. The van der Waals surface area contributed by atoms with Gasteiger partial charge in [0.05, 0.1) is 19.7 Å². The van der Waals surface area contributed by atoms with E-state index in [0.29, 0.717) is 12.5 Å². The van der Waals surface area contributed by atoms with Gasteiger partial charge >= 0.3 is 0 Å². The lowest BCUT2D eigenvalue weighted by Crippen LogP contribution is -2.51. The maximum absolute atomic E-state index is 6.40. The molecule has 30 heavy (non-hydrogen) atoms. The van der Waals surface area contributed by atoms with Crippen molar-refractivity contribution >= 4 is 46.4 Å². The Morgan fingerprint density at radius 3 is 2.57 bits per heavy atom. The van der Waals surface area contributed by atoms with Gasteiger partial charge in [-0.2, -0.15) is 0 Å². The van der Waals surface area contributed by atoms with Crippen molar-refractivity contribution in [2.75, 3.05) is 57.8 Å². The number of halogens is 1. The summed E-state index contributed by atoms with van der Waals surface area (Å²) < 4.78 is 5.63. The summed E-state index contributed by atoms with van der Waals surface area (Å²) in [6.45, 7) is 6.45. The minimum Gasteiger partial charge on any atom is -0.496 e. The fourth-order valence-corrected chi connectivity index (χ4v) is 4.88. The van der Waals surface area contributed by atoms with Crippen LogP contribution < -0.4 is 15.4 Å². The number of benzene rings is 1. The Bertz CT molecular complexity index is 804. The van der Waals surface area contributed by atoms with Crippen LogP contribution in [0.25, 0.3) is 0 Å². The van der Waals surface area contributed by atoms with Gasteiger partial charge in [-0.05, 0) is 32.0 Å². The smallest absolute Gasteiger partial charge is 0.191 e. The number of para-hydroxylation sites is 1. The lowest BCUT2D eigenvalue weighted by atomic mass is 10.0. The third-order valence-corrected chi connectivity index (χ3v) is 6.63. The lowest BCUT2D eigenvalue weighted by Gasteiger charge is -2.35. The Morgan fingerprint density at radius 1 is 1.17 bits per heavy atom. The van der Waals surface area contributed by atoms with Gasteiger partial charge in [0.15, 0.2) is 11.1 Å². The Kier molecular flexibility index (Phi) is 8.58. The van der Waals surface area contributed by atoms with Crippen molar-refractivity contribution in [1.82, 2.24) is 14.8 Å². The van der Waals surface area contributed by atoms with Crippen molar-refractivity contribution in [1.29, 1.82) is 0 Å². The van der Waals surface area contributed by atoms with Crippen molar-refractivity contribution < 1.29 is 4.74 Å². The fourth-order valence-electron chi connectivity index (χ4n) is 4.18. The molecule has 2 aromatic rings. The molecule has 2 N–H and O–H groups in total. The SMILES string of the molecule is COc1ccccc1C(CN=C(N)N1CCN(c2nccs2)CC1)N1CCCC1.I. The van der Waals surface area contributed by atoms with E-state index in [1.54, 1.807) is 18.4 Å². The second-order valence-electron chi connectivity index (χ2n) is 7.49. The molecule has 2 saturated heterocycles. The standard InChI is InChI=1S/C21H30N6OS.HI/c1-28-19-7-3-2-6-17(19)18(25-9-4-5-10-25)16-24-20(22)26-11-13-27(14-12-26)21-23-8-15-29-21;/h2-3,6-8,15,18H,4-5,9-14,16H2,1H3,(H2,22,24);1H. The third-order valence-electron chi connectivity index (χ3n) is 5.80. The highest BCUT2D eigenvalue weighted by Gasteiger charge is 2.26. The first-order valence-electron chi connectivity index (χ1n) is 10.3. The van der Waals surface area contributed by atoms with E-state index in [1.807, 2.05) is 23.7 Å². The molecule has 0 bridgehead atoms. The molecular formula is C21H31IN6OS. The van der Waals surface area contributed by atoms with Crippen LogP contribution >= 0.6 is 35.3 Å². The average molecular weight is 542 g/mol. The van der Waals surface area contributed by atoms with Crippen LogP contribution in [0.5, 0.6) is 5.75 Å². The lowest BCUT2D eigenvalue weighted by molar-refractivity contribution is 0.244. The summed E-state index contributed by atoms with van der Waals surface area (Å²) in [5.74, 6) is 1.57. The van der Waals surface area contributed by atoms with Crippen LogP contribution in [0, 0.1) is 0 Å². The molecule has 1 aromatic heterocycles. The van der Waals surface area contributed by atoms with Crippen LogP contribution in [0.15, 0.2) is 40.8 Å². The number of ether oxygens (including phenoxy) is 1. The number of aromatic nitrogens is 1. The van der Waals surface area contributed by atoms with Gasteiger partial charge in [-0.3, -0.25) is 9.89 Å². The number of anilines is 1. The molecule has 0 spiro atoms. The molecule has 1 atom stereocenters. The predicted octanol–water partition coefficient (Wildman–Crippen LogP) is 3.04. The Labute approximate surface area is 199 Å². The highest BCUT2D eigenvalue weighted by Crippen LogP contribution is 2.32. The van der Waals surface area contributed by atoms with Crippen LogP contribution in [-0.4, -0.2) is 73.7 Å². The average Bonchev–Trinajstić information content (AvgIpc) is 3.49. The largest absolute Gasteiger partial charge is 0.496 e. The molecule has 0 saturated carbocycles. The van der Waals surface area contributed by atoms with Crippen LogP contribution in [0.2, 0.25) is 0 Å². The van der Waals surface area contributed by atoms with E-state index in [9.17, 15) is 0 Å².